The summed E-state index contributed by atoms with van der Waals surface area (Å²) in [5.41, 5.74) is 3.35. The first-order valence-electron chi connectivity index (χ1n) is 5.72. The van der Waals surface area contributed by atoms with Crippen molar-refractivity contribution >= 4 is 11.3 Å². The molecule has 0 amide bonds. The molecule has 0 fully saturated rings. The summed E-state index contributed by atoms with van der Waals surface area (Å²) in [6.07, 6.45) is 1.90. The van der Waals surface area contributed by atoms with Gasteiger partial charge in [-0.2, -0.15) is 0 Å². The van der Waals surface area contributed by atoms with E-state index in [0.29, 0.717) is 0 Å². The van der Waals surface area contributed by atoms with Gasteiger partial charge in [-0.1, -0.05) is 6.07 Å². The number of thiazole rings is 1. The van der Waals surface area contributed by atoms with Crippen LogP contribution in [0.4, 0.5) is 0 Å². The van der Waals surface area contributed by atoms with Gasteiger partial charge in [-0.25, -0.2) is 4.98 Å². The Morgan fingerprint density at radius 3 is 2.76 bits per heavy atom. The molecule has 17 heavy (non-hydrogen) atoms. The van der Waals surface area contributed by atoms with E-state index in [-0.39, 0.29) is 6.04 Å². The molecule has 0 bridgehead atoms. The number of aromatic nitrogens is 2. The Morgan fingerprint density at radius 1 is 1.35 bits per heavy atom. The lowest BCUT2D eigenvalue weighted by Gasteiger charge is -2.10. The van der Waals surface area contributed by atoms with Gasteiger partial charge in [-0.3, -0.25) is 4.98 Å². The summed E-state index contributed by atoms with van der Waals surface area (Å²) in [4.78, 5) is 8.84. The number of pyridine rings is 1. The second-order valence-electron chi connectivity index (χ2n) is 4.26. The van der Waals surface area contributed by atoms with Gasteiger partial charge in [0.15, 0.2) is 0 Å². The van der Waals surface area contributed by atoms with Crippen molar-refractivity contribution in [2.24, 2.45) is 0 Å². The first-order chi connectivity index (χ1) is 8.15. The third kappa shape index (κ3) is 3.35. The molecule has 2 rings (SSSR count). The van der Waals surface area contributed by atoms with Crippen molar-refractivity contribution in [2.45, 2.75) is 33.4 Å². The van der Waals surface area contributed by atoms with Crippen LogP contribution in [-0.4, -0.2) is 9.97 Å². The van der Waals surface area contributed by atoms with E-state index < -0.39 is 0 Å². The number of hydrogen-bond donors (Lipinski definition) is 1. The Hall–Kier alpha value is -1.26. The van der Waals surface area contributed by atoms with Crippen LogP contribution in [0.25, 0.3) is 0 Å². The Balaban J connectivity index is 1.92. The van der Waals surface area contributed by atoms with Crippen LogP contribution in [0, 0.1) is 13.8 Å². The molecular formula is C13H17N3S. The largest absolute Gasteiger partial charge is 0.302 e. The molecule has 90 valence electrons. The van der Waals surface area contributed by atoms with Crippen LogP contribution in [0.1, 0.15) is 34.9 Å². The number of rotatable bonds is 4. The summed E-state index contributed by atoms with van der Waals surface area (Å²) < 4.78 is 0. The average molecular weight is 247 g/mol. The zero-order valence-electron chi connectivity index (χ0n) is 10.4. The van der Waals surface area contributed by atoms with Gasteiger partial charge < -0.3 is 5.32 Å². The molecule has 0 aliphatic heterocycles. The predicted octanol–water partition coefficient (Wildman–Crippen LogP) is 3.01. The highest BCUT2D eigenvalue weighted by atomic mass is 32.1. The third-order valence-electron chi connectivity index (χ3n) is 2.57. The zero-order chi connectivity index (χ0) is 12.3. The topological polar surface area (TPSA) is 37.8 Å². The van der Waals surface area contributed by atoms with Crippen LogP contribution in [0.2, 0.25) is 0 Å². The molecule has 1 unspecified atom stereocenters. The number of nitrogens with zero attached hydrogens (tertiary/aromatic N) is 2. The van der Waals surface area contributed by atoms with Gasteiger partial charge in [-0.15, -0.1) is 11.3 Å². The quantitative estimate of drug-likeness (QED) is 0.902. The molecule has 0 aliphatic rings. The standard InChI is InChI=1S/C13H17N3S/c1-9-4-5-12(15-6-9)7-14-11(3)13-16-10(2)8-17-13/h4-6,8,11,14H,7H2,1-3H3. The highest BCUT2D eigenvalue weighted by Gasteiger charge is 2.08. The lowest BCUT2D eigenvalue weighted by Crippen LogP contribution is -2.18. The molecule has 3 nitrogen and oxygen atoms in total. The summed E-state index contributed by atoms with van der Waals surface area (Å²) in [7, 11) is 0. The van der Waals surface area contributed by atoms with E-state index in [1.54, 1.807) is 11.3 Å². The normalized spacial score (nSPS) is 12.6. The summed E-state index contributed by atoms with van der Waals surface area (Å²) in [5.74, 6) is 0. The van der Waals surface area contributed by atoms with Gasteiger partial charge in [0.25, 0.3) is 0 Å². The third-order valence-corrected chi connectivity index (χ3v) is 3.71. The molecule has 2 aromatic heterocycles. The summed E-state index contributed by atoms with van der Waals surface area (Å²) >= 11 is 1.70. The monoisotopic (exact) mass is 247 g/mol. The Labute approximate surface area is 106 Å². The molecule has 0 aliphatic carbocycles. The highest BCUT2D eigenvalue weighted by molar-refractivity contribution is 7.09. The molecule has 0 aromatic carbocycles. The van der Waals surface area contributed by atoms with E-state index in [4.69, 9.17) is 0 Å². The average Bonchev–Trinajstić information content (AvgIpc) is 2.75. The second kappa shape index (κ2) is 5.38. The SMILES string of the molecule is Cc1ccc(CNC(C)c2nc(C)cs2)nc1. The molecule has 0 saturated heterocycles. The fourth-order valence-corrected chi connectivity index (χ4v) is 2.35. The van der Waals surface area contributed by atoms with Crippen LogP contribution >= 0.6 is 11.3 Å². The van der Waals surface area contributed by atoms with Crippen molar-refractivity contribution in [3.05, 3.63) is 45.7 Å². The predicted molar refractivity (Wildman–Crippen MR) is 71.1 cm³/mol. The van der Waals surface area contributed by atoms with Crippen LogP contribution < -0.4 is 5.32 Å². The smallest absolute Gasteiger partial charge is 0.110 e. The molecule has 0 saturated carbocycles. The first-order valence-corrected chi connectivity index (χ1v) is 6.60. The van der Waals surface area contributed by atoms with E-state index in [9.17, 15) is 0 Å². The fourth-order valence-electron chi connectivity index (χ4n) is 1.52. The van der Waals surface area contributed by atoms with Crippen molar-refractivity contribution in [1.82, 2.24) is 15.3 Å². The van der Waals surface area contributed by atoms with Gasteiger partial charge in [0.1, 0.15) is 5.01 Å². The van der Waals surface area contributed by atoms with Crippen molar-refractivity contribution in [1.29, 1.82) is 0 Å². The summed E-state index contributed by atoms with van der Waals surface area (Å²) in [6.45, 7) is 6.98. The van der Waals surface area contributed by atoms with E-state index in [2.05, 4.69) is 39.7 Å². The number of hydrogen-bond acceptors (Lipinski definition) is 4. The minimum absolute atomic E-state index is 0.275. The molecule has 0 radical (unpaired) electrons. The lowest BCUT2D eigenvalue weighted by atomic mass is 10.2. The van der Waals surface area contributed by atoms with E-state index in [1.807, 2.05) is 20.0 Å². The lowest BCUT2D eigenvalue weighted by molar-refractivity contribution is 0.564. The van der Waals surface area contributed by atoms with E-state index in [1.165, 1.54) is 5.56 Å². The number of aryl methyl sites for hydroxylation is 2. The van der Waals surface area contributed by atoms with Crippen molar-refractivity contribution in [3.63, 3.8) is 0 Å². The fraction of sp³-hybridized carbons (Fsp3) is 0.385. The van der Waals surface area contributed by atoms with E-state index in [0.717, 1.165) is 22.9 Å². The van der Waals surface area contributed by atoms with Crippen molar-refractivity contribution < 1.29 is 0 Å². The maximum Gasteiger partial charge on any atom is 0.110 e. The number of nitrogens with one attached hydrogen (secondary N) is 1. The zero-order valence-corrected chi connectivity index (χ0v) is 11.2. The van der Waals surface area contributed by atoms with Crippen LogP contribution in [0.15, 0.2) is 23.7 Å². The molecule has 2 heterocycles. The molecule has 0 spiro atoms. The highest BCUT2D eigenvalue weighted by Crippen LogP contribution is 2.17. The summed E-state index contributed by atoms with van der Waals surface area (Å²) in [5, 5.41) is 6.65. The van der Waals surface area contributed by atoms with Gasteiger partial charge >= 0.3 is 0 Å². The minimum atomic E-state index is 0.275. The molecule has 2 aromatic rings. The van der Waals surface area contributed by atoms with Crippen molar-refractivity contribution in [3.8, 4) is 0 Å². The van der Waals surface area contributed by atoms with Crippen LogP contribution in [0.5, 0.6) is 0 Å². The van der Waals surface area contributed by atoms with Gasteiger partial charge in [0.2, 0.25) is 0 Å². The maximum atomic E-state index is 4.47. The molecule has 1 atom stereocenters. The Morgan fingerprint density at radius 2 is 2.18 bits per heavy atom. The molecular weight excluding hydrogens is 230 g/mol. The summed E-state index contributed by atoms with van der Waals surface area (Å²) in [6, 6.07) is 4.42. The van der Waals surface area contributed by atoms with Crippen molar-refractivity contribution in [2.75, 3.05) is 0 Å². The van der Waals surface area contributed by atoms with Gasteiger partial charge in [0.05, 0.1) is 11.7 Å². The molecule has 4 heteroatoms. The van der Waals surface area contributed by atoms with Crippen LogP contribution in [-0.2, 0) is 6.54 Å². The minimum Gasteiger partial charge on any atom is -0.302 e. The Bertz CT molecular complexity index is 476. The van der Waals surface area contributed by atoms with E-state index >= 15 is 0 Å². The maximum absolute atomic E-state index is 4.47. The van der Waals surface area contributed by atoms with Crippen LogP contribution in [0.3, 0.4) is 0 Å². The second-order valence-corrected chi connectivity index (χ2v) is 5.15. The first kappa shape index (κ1) is 12.2. The Kier molecular flexibility index (Phi) is 3.86. The molecule has 1 N–H and O–H groups in total. The van der Waals surface area contributed by atoms with Gasteiger partial charge in [-0.05, 0) is 32.4 Å². The van der Waals surface area contributed by atoms with Gasteiger partial charge in [0, 0.05) is 23.8 Å².